The fraction of sp³-hybridized carbons (Fsp3) is 0.357. The van der Waals surface area contributed by atoms with Gasteiger partial charge in [-0.2, -0.15) is 8.78 Å². The van der Waals surface area contributed by atoms with Gasteiger partial charge < -0.3 is 10.2 Å². The van der Waals surface area contributed by atoms with E-state index in [-0.39, 0.29) is 18.4 Å². The molecule has 0 aliphatic carbocycles. The summed E-state index contributed by atoms with van der Waals surface area (Å²) in [7, 11) is 1.53. The minimum Gasteiger partial charge on any atom is -0.338 e. The molecule has 8 heteroatoms. The quantitative estimate of drug-likeness (QED) is 0.888. The number of hydrogen-bond donors (Lipinski definition) is 1. The van der Waals surface area contributed by atoms with Crippen molar-refractivity contribution in [2.24, 2.45) is 0 Å². The summed E-state index contributed by atoms with van der Waals surface area (Å²) < 4.78 is 26.1. The Morgan fingerprint density at radius 1 is 1.36 bits per heavy atom. The third-order valence-electron chi connectivity index (χ3n) is 3.07. The first-order chi connectivity index (χ1) is 10.6. The molecule has 0 atom stereocenters. The zero-order valence-corrected chi connectivity index (χ0v) is 12.1. The summed E-state index contributed by atoms with van der Waals surface area (Å²) in [5, 5.41) is 2.71. The normalized spacial score (nSPS) is 10.7. The molecule has 0 unspecified atom stereocenters. The van der Waals surface area contributed by atoms with E-state index >= 15 is 0 Å². The van der Waals surface area contributed by atoms with Crippen LogP contribution in [-0.4, -0.2) is 39.1 Å². The van der Waals surface area contributed by atoms with Crippen LogP contribution >= 0.6 is 0 Å². The number of rotatable bonds is 6. The fourth-order valence-corrected chi connectivity index (χ4v) is 1.91. The SMILES string of the molecule is CN(Cc1nccn1C(F)F)C(=O)NCCc1ccccn1. The summed E-state index contributed by atoms with van der Waals surface area (Å²) in [6, 6.07) is 5.22. The number of carbonyl (C=O) groups excluding carboxylic acids is 1. The van der Waals surface area contributed by atoms with Gasteiger partial charge in [0.15, 0.2) is 0 Å². The summed E-state index contributed by atoms with van der Waals surface area (Å²) in [5.41, 5.74) is 0.874. The summed E-state index contributed by atoms with van der Waals surface area (Å²) in [4.78, 5) is 21.2. The van der Waals surface area contributed by atoms with Gasteiger partial charge in [0.05, 0.1) is 6.54 Å². The number of nitrogens with zero attached hydrogens (tertiary/aromatic N) is 4. The van der Waals surface area contributed by atoms with Crippen LogP contribution in [0, 0.1) is 0 Å². The largest absolute Gasteiger partial charge is 0.338 e. The van der Waals surface area contributed by atoms with Gasteiger partial charge in [0.1, 0.15) is 5.82 Å². The summed E-state index contributed by atoms with van der Waals surface area (Å²) in [6.45, 7) is -2.24. The van der Waals surface area contributed by atoms with Crippen molar-refractivity contribution in [3.05, 3.63) is 48.3 Å². The molecule has 0 saturated carbocycles. The molecule has 22 heavy (non-hydrogen) atoms. The van der Waals surface area contributed by atoms with E-state index in [0.29, 0.717) is 13.0 Å². The zero-order chi connectivity index (χ0) is 15.9. The van der Waals surface area contributed by atoms with E-state index in [0.717, 1.165) is 10.3 Å². The number of alkyl halides is 2. The van der Waals surface area contributed by atoms with Crippen molar-refractivity contribution < 1.29 is 13.6 Å². The van der Waals surface area contributed by atoms with Gasteiger partial charge in [-0.15, -0.1) is 0 Å². The van der Waals surface area contributed by atoms with Crippen molar-refractivity contribution in [1.29, 1.82) is 0 Å². The molecule has 2 aromatic heterocycles. The Hall–Kier alpha value is -2.51. The highest BCUT2D eigenvalue weighted by Gasteiger charge is 2.15. The van der Waals surface area contributed by atoms with Gasteiger partial charge in [-0.1, -0.05) is 6.07 Å². The standard InChI is InChI=1S/C14H17F2N5O/c1-20(10-12-18-8-9-21(12)13(15)16)14(22)19-7-5-11-4-2-3-6-17-11/h2-4,6,8-9,13H,5,7,10H2,1H3,(H,19,22). The number of aromatic nitrogens is 3. The number of urea groups is 1. The molecule has 2 aromatic rings. The minimum atomic E-state index is -2.67. The lowest BCUT2D eigenvalue weighted by atomic mass is 10.3. The van der Waals surface area contributed by atoms with Gasteiger partial charge >= 0.3 is 12.6 Å². The van der Waals surface area contributed by atoms with Gasteiger partial charge in [0.25, 0.3) is 0 Å². The molecule has 0 fully saturated rings. The van der Waals surface area contributed by atoms with Gasteiger partial charge in [0.2, 0.25) is 0 Å². The molecule has 0 saturated heterocycles. The van der Waals surface area contributed by atoms with Crippen LogP contribution in [0.5, 0.6) is 0 Å². The first kappa shape index (κ1) is 15.9. The number of halogens is 2. The third-order valence-corrected chi connectivity index (χ3v) is 3.07. The molecule has 0 aliphatic heterocycles. The lowest BCUT2D eigenvalue weighted by Crippen LogP contribution is -2.38. The average Bonchev–Trinajstić information content (AvgIpc) is 2.96. The predicted molar refractivity (Wildman–Crippen MR) is 76.3 cm³/mol. The van der Waals surface area contributed by atoms with Crippen molar-refractivity contribution in [2.75, 3.05) is 13.6 Å². The van der Waals surface area contributed by atoms with Crippen LogP contribution in [0.4, 0.5) is 13.6 Å². The maximum absolute atomic E-state index is 12.7. The van der Waals surface area contributed by atoms with Crippen LogP contribution in [0.25, 0.3) is 0 Å². The second kappa shape index (κ2) is 7.48. The van der Waals surface area contributed by atoms with Crippen LogP contribution in [0.2, 0.25) is 0 Å². The average molecular weight is 309 g/mol. The Labute approximate surface area is 126 Å². The minimum absolute atomic E-state index is 0.00671. The van der Waals surface area contributed by atoms with Crippen LogP contribution in [0.3, 0.4) is 0 Å². The molecule has 6 nitrogen and oxygen atoms in total. The third kappa shape index (κ3) is 4.24. The molecule has 0 spiro atoms. The highest BCUT2D eigenvalue weighted by molar-refractivity contribution is 5.73. The van der Waals surface area contributed by atoms with E-state index in [4.69, 9.17) is 0 Å². The van der Waals surface area contributed by atoms with Crippen molar-refractivity contribution >= 4 is 6.03 Å². The number of pyridine rings is 1. The Balaban J connectivity index is 1.81. The smallest absolute Gasteiger partial charge is 0.319 e. The van der Waals surface area contributed by atoms with Crippen LogP contribution in [-0.2, 0) is 13.0 Å². The van der Waals surface area contributed by atoms with Crippen molar-refractivity contribution in [3.8, 4) is 0 Å². The highest BCUT2D eigenvalue weighted by Crippen LogP contribution is 2.13. The molecule has 0 bridgehead atoms. The maximum Gasteiger partial charge on any atom is 0.319 e. The predicted octanol–water partition coefficient (Wildman–Crippen LogP) is 2.06. The lowest BCUT2D eigenvalue weighted by molar-refractivity contribution is 0.0651. The Bertz CT molecular complexity index is 602. The number of amides is 2. The van der Waals surface area contributed by atoms with E-state index in [2.05, 4.69) is 15.3 Å². The lowest BCUT2D eigenvalue weighted by Gasteiger charge is -2.18. The van der Waals surface area contributed by atoms with E-state index in [1.165, 1.54) is 24.3 Å². The number of nitrogens with one attached hydrogen (secondary N) is 1. The zero-order valence-electron chi connectivity index (χ0n) is 12.1. The molecule has 0 aliphatic rings. The van der Waals surface area contributed by atoms with E-state index in [1.54, 1.807) is 6.20 Å². The van der Waals surface area contributed by atoms with Crippen LogP contribution in [0.15, 0.2) is 36.8 Å². The number of carbonyl (C=O) groups is 1. The summed E-state index contributed by atoms with van der Waals surface area (Å²) in [6.07, 6.45) is 4.76. The summed E-state index contributed by atoms with van der Waals surface area (Å²) in [5.74, 6) is 0.136. The van der Waals surface area contributed by atoms with Crippen LogP contribution in [0.1, 0.15) is 18.1 Å². The van der Waals surface area contributed by atoms with E-state index in [1.807, 2.05) is 18.2 Å². The van der Waals surface area contributed by atoms with Gasteiger partial charge in [-0.3, -0.25) is 9.55 Å². The second-order valence-corrected chi connectivity index (χ2v) is 4.69. The maximum atomic E-state index is 12.7. The molecule has 1 N–H and O–H groups in total. The van der Waals surface area contributed by atoms with Gasteiger partial charge in [-0.25, -0.2) is 9.78 Å². The molecule has 118 valence electrons. The van der Waals surface area contributed by atoms with Gasteiger partial charge in [0, 0.05) is 44.3 Å². The Morgan fingerprint density at radius 3 is 2.86 bits per heavy atom. The highest BCUT2D eigenvalue weighted by atomic mass is 19.3. The molecule has 2 rings (SSSR count). The molecular formula is C14H17F2N5O. The molecular weight excluding hydrogens is 292 g/mol. The Kier molecular flexibility index (Phi) is 5.40. The molecule has 0 aromatic carbocycles. The van der Waals surface area contributed by atoms with Crippen molar-refractivity contribution in [3.63, 3.8) is 0 Å². The van der Waals surface area contributed by atoms with E-state index in [9.17, 15) is 13.6 Å². The molecule has 2 amide bonds. The van der Waals surface area contributed by atoms with E-state index < -0.39 is 6.55 Å². The van der Waals surface area contributed by atoms with Gasteiger partial charge in [-0.05, 0) is 12.1 Å². The monoisotopic (exact) mass is 309 g/mol. The first-order valence-corrected chi connectivity index (χ1v) is 6.76. The number of hydrogen-bond acceptors (Lipinski definition) is 3. The topological polar surface area (TPSA) is 63.1 Å². The fourth-order valence-electron chi connectivity index (χ4n) is 1.91. The Morgan fingerprint density at radius 2 is 2.18 bits per heavy atom. The van der Waals surface area contributed by atoms with Crippen LogP contribution < -0.4 is 5.32 Å². The van der Waals surface area contributed by atoms with Crippen molar-refractivity contribution in [1.82, 2.24) is 24.8 Å². The first-order valence-electron chi connectivity index (χ1n) is 6.76. The molecule has 2 heterocycles. The summed E-state index contributed by atoms with van der Waals surface area (Å²) >= 11 is 0. The molecule has 0 radical (unpaired) electrons. The second-order valence-electron chi connectivity index (χ2n) is 4.69. The number of imidazole rings is 1. The van der Waals surface area contributed by atoms with Crippen molar-refractivity contribution in [2.45, 2.75) is 19.5 Å².